The predicted molar refractivity (Wildman–Crippen MR) is 81.0 cm³/mol. The second-order valence-electron chi connectivity index (χ2n) is 5.17. The van der Waals surface area contributed by atoms with E-state index >= 15 is 0 Å². The third-order valence-electron chi connectivity index (χ3n) is 3.59. The minimum atomic E-state index is -0.0546. The third kappa shape index (κ3) is 3.53. The van der Waals surface area contributed by atoms with E-state index in [0.29, 0.717) is 11.4 Å². The Labute approximate surface area is 119 Å². The molecule has 3 nitrogen and oxygen atoms in total. The number of carbonyl (C=O) groups is 1. The first-order chi connectivity index (χ1) is 9.08. The highest BCUT2D eigenvalue weighted by Gasteiger charge is 2.28. The van der Waals surface area contributed by atoms with E-state index < -0.39 is 0 Å². The monoisotopic (exact) mass is 276 g/mol. The fourth-order valence-corrected chi connectivity index (χ4v) is 2.87. The van der Waals surface area contributed by atoms with Crippen molar-refractivity contribution in [1.82, 2.24) is 4.90 Å². The van der Waals surface area contributed by atoms with Crippen molar-refractivity contribution in [2.75, 3.05) is 6.54 Å². The molecule has 102 valence electrons. The Hall–Kier alpha value is -1.42. The van der Waals surface area contributed by atoms with Crippen LogP contribution in [0.15, 0.2) is 24.3 Å². The molecule has 0 spiro atoms. The molecule has 2 N–H and O–H groups in total. The molecule has 1 aromatic rings. The zero-order valence-electron chi connectivity index (χ0n) is 11.3. The van der Waals surface area contributed by atoms with Crippen molar-refractivity contribution >= 4 is 23.1 Å². The van der Waals surface area contributed by atoms with Gasteiger partial charge >= 0.3 is 0 Å². The Morgan fingerprint density at radius 3 is 2.95 bits per heavy atom. The number of carbonyl (C=O) groups excluding carboxylic acids is 1. The molecular weight excluding hydrogens is 256 g/mol. The van der Waals surface area contributed by atoms with Gasteiger partial charge in [-0.3, -0.25) is 4.79 Å². The van der Waals surface area contributed by atoms with Gasteiger partial charge in [-0.15, -0.1) is 0 Å². The number of thiocarbonyl (C=S) groups is 1. The highest BCUT2D eigenvalue weighted by molar-refractivity contribution is 7.80. The van der Waals surface area contributed by atoms with E-state index in [2.05, 4.69) is 6.07 Å². The molecule has 1 amide bonds. The van der Waals surface area contributed by atoms with Crippen molar-refractivity contribution in [2.24, 2.45) is 5.73 Å². The molecule has 0 aliphatic carbocycles. The molecule has 0 bridgehead atoms. The van der Waals surface area contributed by atoms with Crippen molar-refractivity contribution < 1.29 is 4.79 Å². The first kappa shape index (κ1) is 14.0. The quantitative estimate of drug-likeness (QED) is 0.861. The highest BCUT2D eigenvalue weighted by atomic mass is 32.1. The summed E-state index contributed by atoms with van der Waals surface area (Å²) in [7, 11) is 0. The zero-order chi connectivity index (χ0) is 13.8. The van der Waals surface area contributed by atoms with E-state index in [9.17, 15) is 4.79 Å². The van der Waals surface area contributed by atoms with Crippen LogP contribution in [0, 0.1) is 6.92 Å². The number of aryl methyl sites for hydroxylation is 1. The van der Waals surface area contributed by atoms with Gasteiger partial charge in [0.25, 0.3) is 0 Å². The van der Waals surface area contributed by atoms with Gasteiger partial charge in [-0.1, -0.05) is 42.0 Å². The SMILES string of the molecule is Cc1cccc(CC(=O)N2CCCCC2C(N)=S)c1. The smallest absolute Gasteiger partial charge is 0.227 e. The fourth-order valence-electron chi connectivity index (χ4n) is 2.62. The van der Waals surface area contributed by atoms with Gasteiger partial charge in [0.2, 0.25) is 5.91 Å². The molecule has 1 aliphatic heterocycles. The molecular formula is C15H20N2OS. The topological polar surface area (TPSA) is 46.3 Å². The first-order valence-electron chi connectivity index (χ1n) is 6.72. The summed E-state index contributed by atoms with van der Waals surface area (Å²) in [5, 5.41) is 0. The number of amides is 1. The minimum absolute atomic E-state index is 0.0546. The summed E-state index contributed by atoms with van der Waals surface area (Å²) in [5.41, 5.74) is 7.98. The Balaban J connectivity index is 2.07. The second-order valence-corrected chi connectivity index (χ2v) is 5.64. The number of nitrogens with zero attached hydrogens (tertiary/aromatic N) is 1. The lowest BCUT2D eigenvalue weighted by molar-refractivity contribution is -0.132. The van der Waals surface area contributed by atoms with Crippen LogP contribution in [0.3, 0.4) is 0 Å². The molecule has 1 atom stereocenters. The second kappa shape index (κ2) is 6.15. The summed E-state index contributed by atoms with van der Waals surface area (Å²) < 4.78 is 0. The van der Waals surface area contributed by atoms with Gasteiger partial charge in [0.1, 0.15) is 0 Å². The van der Waals surface area contributed by atoms with Crippen LogP contribution in [-0.4, -0.2) is 28.4 Å². The Morgan fingerprint density at radius 2 is 2.26 bits per heavy atom. The largest absolute Gasteiger partial charge is 0.392 e. The van der Waals surface area contributed by atoms with Gasteiger partial charge in [-0.2, -0.15) is 0 Å². The maximum Gasteiger partial charge on any atom is 0.227 e. The number of likely N-dealkylation sites (tertiary alicyclic amines) is 1. The molecule has 1 aromatic carbocycles. The van der Waals surface area contributed by atoms with Crippen molar-refractivity contribution in [3.63, 3.8) is 0 Å². The van der Waals surface area contributed by atoms with Crippen LogP contribution in [0.25, 0.3) is 0 Å². The van der Waals surface area contributed by atoms with E-state index in [1.807, 2.05) is 30.0 Å². The van der Waals surface area contributed by atoms with Crippen molar-refractivity contribution in [1.29, 1.82) is 0 Å². The Bertz CT molecular complexity index is 487. The van der Waals surface area contributed by atoms with Crippen molar-refractivity contribution in [3.8, 4) is 0 Å². The molecule has 1 saturated heterocycles. The van der Waals surface area contributed by atoms with Crippen LogP contribution >= 0.6 is 12.2 Å². The maximum absolute atomic E-state index is 12.4. The zero-order valence-corrected chi connectivity index (χ0v) is 12.1. The average Bonchev–Trinajstić information content (AvgIpc) is 2.38. The number of hydrogen-bond donors (Lipinski definition) is 1. The molecule has 1 fully saturated rings. The molecule has 1 heterocycles. The summed E-state index contributed by atoms with van der Waals surface area (Å²) >= 11 is 5.08. The summed E-state index contributed by atoms with van der Waals surface area (Å²) in [6.45, 7) is 2.80. The Morgan fingerprint density at radius 1 is 1.47 bits per heavy atom. The summed E-state index contributed by atoms with van der Waals surface area (Å²) in [4.78, 5) is 14.7. The summed E-state index contributed by atoms with van der Waals surface area (Å²) in [5.74, 6) is 0.128. The van der Waals surface area contributed by atoms with Crippen LogP contribution < -0.4 is 5.73 Å². The van der Waals surface area contributed by atoms with Gasteiger partial charge in [-0.05, 0) is 31.7 Å². The predicted octanol–water partition coefficient (Wildman–Crippen LogP) is 2.20. The fraction of sp³-hybridized carbons (Fsp3) is 0.467. The standard InChI is InChI=1S/C15H20N2OS/c1-11-5-4-6-12(9-11)10-14(18)17-8-3-2-7-13(17)15(16)19/h4-6,9,13H,2-3,7-8,10H2,1H3,(H2,16,19). The van der Waals surface area contributed by atoms with Gasteiger partial charge in [0.15, 0.2) is 0 Å². The molecule has 2 rings (SSSR count). The minimum Gasteiger partial charge on any atom is -0.392 e. The van der Waals surface area contributed by atoms with Crippen molar-refractivity contribution in [3.05, 3.63) is 35.4 Å². The third-order valence-corrected chi connectivity index (χ3v) is 3.86. The normalized spacial score (nSPS) is 19.2. The molecule has 19 heavy (non-hydrogen) atoms. The lowest BCUT2D eigenvalue weighted by atomic mass is 10.0. The molecule has 0 saturated carbocycles. The number of rotatable bonds is 3. The van der Waals surface area contributed by atoms with Gasteiger partial charge in [-0.25, -0.2) is 0 Å². The van der Waals surface area contributed by atoms with E-state index in [0.717, 1.165) is 31.4 Å². The van der Waals surface area contributed by atoms with Gasteiger partial charge < -0.3 is 10.6 Å². The maximum atomic E-state index is 12.4. The lowest BCUT2D eigenvalue weighted by Gasteiger charge is -2.35. The average molecular weight is 276 g/mol. The van der Waals surface area contributed by atoms with E-state index in [1.165, 1.54) is 5.56 Å². The highest BCUT2D eigenvalue weighted by Crippen LogP contribution is 2.19. The van der Waals surface area contributed by atoms with E-state index in [-0.39, 0.29) is 11.9 Å². The van der Waals surface area contributed by atoms with E-state index in [1.54, 1.807) is 0 Å². The molecule has 0 aromatic heterocycles. The first-order valence-corrected chi connectivity index (χ1v) is 7.13. The molecule has 0 radical (unpaired) electrons. The Kier molecular flexibility index (Phi) is 4.53. The van der Waals surface area contributed by atoms with Crippen LogP contribution in [0.1, 0.15) is 30.4 Å². The number of benzene rings is 1. The van der Waals surface area contributed by atoms with Crippen LogP contribution in [-0.2, 0) is 11.2 Å². The number of hydrogen-bond acceptors (Lipinski definition) is 2. The van der Waals surface area contributed by atoms with Crippen LogP contribution in [0.2, 0.25) is 0 Å². The van der Waals surface area contributed by atoms with Gasteiger partial charge in [0.05, 0.1) is 17.5 Å². The number of nitrogens with two attached hydrogens (primary N) is 1. The van der Waals surface area contributed by atoms with Crippen LogP contribution in [0.5, 0.6) is 0 Å². The molecule has 1 unspecified atom stereocenters. The number of piperidine rings is 1. The van der Waals surface area contributed by atoms with E-state index in [4.69, 9.17) is 18.0 Å². The molecule has 1 aliphatic rings. The van der Waals surface area contributed by atoms with Gasteiger partial charge in [0, 0.05) is 6.54 Å². The van der Waals surface area contributed by atoms with Crippen LogP contribution in [0.4, 0.5) is 0 Å². The lowest BCUT2D eigenvalue weighted by Crippen LogP contribution is -2.50. The van der Waals surface area contributed by atoms with Crippen molar-refractivity contribution in [2.45, 2.75) is 38.6 Å². The molecule has 4 heteroatoms. The summed E-state index contributed by atoms with van der Waals surface area (Å²) in [6.07, 6.45) is 3.46. The summed E-state index contributed by atoms with van der Waals surface area (Å²) in [6, 6.07) is 8.01.